The van der Waals surface area contributed by atoms with Crippen molar-refractivity contribution in [2.24, 2.45) is 5.92 Å². The summed E-state index contributed by atoms with van der Waals surface area (Å²) in [6.45, 7) is 1.60. The van der Waals surface area contributed by atoms with Crippen LogP contribution >= 0.6 is 11.6 Å². The number of aliphatic hydroxyl groups is 2. The van der Waals surface area contributed by atoms with Gasteiger partial charge in [-0.25, -0.2) is 17.2 Å². The quantitative estimate of drug-likeness (QED) is 0.523. The molecular weight excluding hydrogens is 476 g/mol. The van der Waals surface area contributed by atoms with E-state index < -0.39 is 39.1 Å². The number of hydrogen-bond acceptors (Lipinski definition) is 5. The number of nitrogens with one attached hydrogen (secondary N) is 1. The Balaban J connectivity index is 1.72. The molecule has 0 aromatic heterocycles. The van der Waals surface area contributed by atoms with Gasteiger partial charge in [-0.2, -0.15) is 0 Å². The molecule has 1 unspecified atom stereocenters. The minimum Gasteiger partial charge on any atom is -0.393 e. The molecule has 1 amide bonds. The Morgan fingerprint density at radius 1 is 1.18 bits per heavy atom. The van der Waals surface area contributed by atoms with Gasteiger partial charge in [-0.05, 0) is 68.9 Å². The van der Waals surface area contributed by atoms with E-state index in [4.69, 9.17) is 11.6 Å². The fourth-order valence-electron chi connectivity index (χ4n) is 4.20. The Labute approximate surface area is 196 Å². The van der Waals surface area contributed by atoms with Gasteiger partial charge in [-0.1, -0.05) is 11.6 Å². The first-order chi connectivity index (χ1) is 15.4. The van der Waals surface area contributed by atoms with Crippen molar-refractivity contribution < 1.29 is 32.2 Å². The molecule has 0 radical (unpaired) electrons. The third-order valence-corrected chi connectivity index (χ3v) is 8.23. The zero-order chi connectivity index (χ0) is 24.4. The maximum Gasteiger partial charge on any atom is 0.255 e. The lowest BCUT2D eigenvalue weighted by Crippen LogP contribution is -2.38. The molecule has 1 fully saturated rings. The van der Waals surface area contributed by atoms with Crippen molar-refractivity contribution >= 4 is 33.0 Å². The van der Waals surface area contributed by atoms with Gasteiger partial charge in [0, 0.05) is 23.7 Å². The normalized spacial score (nSPS) is 22.1. The van der Waals surface area contributed by atoms with Gasteiger partial charge < -0.3 is 15.5 Å². The minimum atomic E-state index is -3.84. The van der Waals surface area contributed by atoms with Crippen LogP contribution in [-0.2, 0) is 9.84 Å². The van der Waals surface area contributed by atoms with Crippen molar-refractivity contribution in [3.05, 3.63) is 58.6 Å². The standard InChI is InChI=1S/C23H26ClF2NO5S/c1-14(28)12-23(30)8-6-15(7-9-23)13-33(31,32)21-10-16(2-4-18(21)24)22(29)27-17-3-5-19(25)20(26)11-17/h2-5,10-11,14-15,28,30H,6-9,12-13H2,1H3,(H,27,29)/t14?,15-,23+. The van der Waals surface area contributed by atoms with Crippen molar-refractivity contribution in [1.82, 2.24) is 0 Å². The van der Waals surface area contributed by atoms with Gasteiger partial charge in [-0.3, -0.25) is 4.79 Å². The largest absolute Gasteiger partial charge is 0.393 e. The Morgan fingerprint density at radius 3 is 2.45 bits per heavy atom. The predicted octanol–water partition coefficient (Wildman–Crippen LogP) is 4.34. The summed E-state index contributed by atoms with van der Waals surface area (Å²) < 4.78 is 52.6. The van der Waals surface area contributed by atoms with E-state index in [0.29, 0.717) is 25.7 Å². The topological polar surface area (TPSA) is 104 Å². The number of anilines is 1. The molecule has 1 aliphatic rings. The monoisotopic (exact) mass is 501 g/mol. The van der Waals surface area contributed by atoms with Gasteiger partial charge in [0.1, 0.15) is 0 Å². The Bertz CT molecular complexity index is 1130. The third kappa shape index (κ3) is 6.50. The smallest absolute Gasteiger partial charge is 0.255 e. The first-order valence-electron chi connectivity index (χ1n) is 10.6. The minimum absolute atomic E-state index is 0.00217. The molecule has 1 atom stereocenters. The highest BCUT2D eigenvalue weighted by Gasteiger charge is 2.36. The van der Waals surface area contributed by atoms with E-state index in [0.717, 1.165) is 12.1 Å². The van der Waals surface area contributed by atoms with E-state index in [1.54, 1.807) is 6.92 Å². The van der Waals surface area contributed by atoms with Gasteiger partial charge in [0.25, 0.3) is 5.91 Å². The summed E-state index contributed by atoms with van der Waals surface area (Å²) in [6, 6.07) is 6.69. The summed E-state index contributed by atoms with van der Waals surface area (Å²) in [6.07, 6.45) is 1.35. The number of carbonyl (C=O) groups is 1. The molecule has 10 heteroatoms. The predicted molar refractivity (Wildman–Crippen MR) is 121 cm³/mol. The molecule has 0 bridgehead atoms. The highest BCUT2D eigenvalue weighted by atomic mass is 35.5. The molecule has 0 aliphatic heterocycles. The molecular formula is C23H26ClF2NO5S. The summed E-state index contributed by atoms with van der Waals surface area (Å²) in [5.41, 5.74) is -0.980. The van der Waals surface area contributed by atoms with Gasteiger partial charge in [0.05, 0.1) is 27.4 Å². The second kappa shape index (κ2) is 10.0. The molecule has 0 spiro atoms. The molecule has 2 aromatic rings. The van der Waals surface area contributed by atoms with E-state index in [1.165, 1.54) is 24.3 Å². The average Bonchev–Trinajstić information content (AvgIpc) is 2.72. The van der Waals surface area contributed by atoms with Crippen molar-refractivity contribution in [1.29, 1.82) is 0 Å². The SMILES string of the molecule is CC(O)C[C@]1(O)CC[C@@H](CS(=O)(=O)c2cc(C(=O)Nc3ccc(F)c(F)c3)ccc2Cl)CC1. The van der Waals surface area contributed by atoms with Gasteiger partial charge in [0.2, 0.25) is 0 Å². The molecule has 6 nitrogen and oxygen atoms in total. The maximum atomic E-state index is 13.4. The second-order valence-corrected chi connectivity index (χ2v) is 11.1. The number of halogens is 3. The van der Waals surface area contributed by atoms with Crippen LogP contribution in [0.15, 0.2) is 41.3 Å². The van der Waals surface area contributed by atoms with E-state index >= 15 is 0 Å². The molecule has 0 saturated heterocycles. The van der Waals surface area contributed by atoms with Crippen LogP contribution in [0.3, 0.4) is 0 Å². The average molecular weight is 502 g/mol. The van der Waals surface area contributed by atoms with Crippen LogP contribution in [0.5, 0.6) is 0 Å². The molecule has 180 valence electrons. The van der Waals surface area contributed by atoms with Gasteiger partial charge >= 0.3 is 0 Å². The van der Waals surface area contributed by atoms with E-state index in [-0.39, 0.29) is 39.3 Å². The van der Waals surface area contributed by atoms with Crippen LogP contribution in [0, 0.1) is 17.6 Å². The highest BCUT2D eigenvalue weighted by Crippen LogP contribution is 2.37. The number of hydrogen-bond donors (Lipinski definition) is 3. The first kappa shape index (κ1) is 25.6. The van der Waals surface area contributed by atoms with Crippen LogP contribution in [0.25, 0.3) is 0 Å². The van der Waals surface area contributed by atoms with Crippen LogP contribution in [0.2, 0.25) is 5.02 Å². The number of rotatable bonds is 7. The second-order valence-electron chi connectivity index (χ2n) is 8.73. The van der Waals surface area contributed by atoms with E-state index in [9.17, 15) is 32.2 Å². The highest BCUT2D eigenvalue weighted by molar-refractivity contribution is 7.91. The number of sulfone groups is 1. The lowest BCUT2D eigenvalue weighted by atomic mass is 9.77. The Morgan fingerprint density at radius 2 is 1.85 bits per heavy atom. The summed E-state index contributed by atoms with van der Waals surface area (Å²) in [7, 11) is -3.84. The summed E-state index contributed by atoms with van der Waals surface area (Å²) in [4.78, 5) is 12.3. The molecule has 0 heterocycles. The molecule has 1 aliphatic carbocycles. The number of aliphatic hydroxyl groups excluding tert-OH is 1. The van der Waals surface area contributed by atoms with Gasteiger partial charge in [0.15, 0.2) is 21.5 Å². The maximum absolute atomic E-state index is 13.4. The fourth-order valence-corrected chi connectivity index (χ4v) is 6.47. The molecule has 33 heavy (non-hydrogen) atoms. The van der Waals surface area contributed by atoms with Crippen molar-refractivity contribution in [3.63, 3.8) is 0 Å². The Kier molecular flexibility index (Phi) is 7.78. The third-order valence-electron chi connectivity index (χ3n) is 5.87. The van der Waals surface area contributed by atoms with Gasteiger partial charge in [-0.15, -0.1) is 0 Å². The lowest BCUT2D eigenvalue weighted by molar-refractivity contribution is -0.0415. The number of carbonyl (C=O) groups excluding carboxylic acids is 1. The van der Waals surface area contributed by atoms with Crippen molar-refractivity contribution in [2.75, 3.05) is 11.1 Å². The van der Waals surface area contributed by atoms with E-state index in [2.05, 4.69) is 5.32 Å². The number of benzene rings is 2. The first-order valence-corrected chi connectivity index (χ1v) is 12.6. The summed E-state index contributed by atoms with van der Waals surface area (Å²) >= 11 is 6.13. The fraction of sp³-hybridized carbons (Fsp3) is 0.435. The Hall–Kier alpha value is -2.07. The lowest BCUT2D eigenvalue weighted by Gasteiger charge is -2.36. The van der Waals surface area contributed by atoms with Crippen LogP contribution < -0.4 is 5.32 Å². The summed E-state index contributed by atoms with van der Waals surface area (Å²) in [5.74, 6) is -3.26. The van der Waals surface area contributed by atoms with Crippen molar-refractivity contribution in [3.8, 4) is 0 Å². The van der Waals surface area contributed by atoms with Crippen LogP contribution in [0.4, 0.5) is 14.5 Å². The summed E-state index contributed by atoms with van der Waals surface area (Å²) in [5, 5.41) is 22.5. The van der Waals surface area contributed by atoms with Crippen LogP contribution in [-0.4, -0.2) is 42.0 Å². The zero-order valence-electron chi connectivity index (χ0n) is 18.0. The van der Waals surface area contributed by atoms with Crippen LogP contribution in [0.1, 0.15) is 49.4 Å². The van der Waals surface area contributed by atoms with Crippen molar-refractivity contribution in [2.45, 2.75) is 55.6 Å². The molecule has 2 aromatic carbocycles. The van der Waals surface area contributed by atoms with E-state index in [1.807, 2.05) is 0 Å². The molecule has 3 rings (SSSR count). The molecule has 1 saturated carbocycles. The number of amides is 1. The zero-order valence-corrected chi connectivity index (χ0v) is 19.6. The molecule has 3 N–H and O–H groups in total.